The van der Waals surface area contributed by atoms with Crippen LogP contribution in [0.15, 0.2) is 50.5 Å². The minimum absolute atomic E-state index is 0.0407. The summed E-state index contributed by atoms with van der Waals surface area (Å²) in [6, 6.07) is 10.0. The van der Waals surface area contributed by atoms with E-state index in [0.717, 1.165) is 5.56 Å². The Morgan fingerprint density at radius 3 is 2.83 bits per heavy atom. The summed E-state index contributed by atoms with van der Waals surface area (Å²) in [5, 5.41) is 0.0407. The van der Waals surface area contributed by atoms with E-state index in [4.69, 9.17) is 16.0 Å². The molecule has 0 saturated carbocycles. The van der Waals surface area contributed by atoms with Crippen LogP contribution in [0.2, 0.25) is 5.02 Å². The van der Waals surface area contributed by atoms with Crippen LogP contribution in [0.3, 0.4) is 0 Å². The van der Waals surface area contributed by atoms with Crippen molar-refractivity contribution in [1.82, 2.24) is 4.98 Å². The molecule has 0 fully saturated rings. The average Bonchev–Trinajstić information content (AvgIpc) is 3.08. The molecule has 1 aliphatic rings. The van der Waals surface area contributed by atoms with Gasteiger partial charge in [-0.3, -0.25) is 9.29 Å². The number of aromatic nitrogens is 1. The molecule has 2 heterocycles. The van der Waals surface area contributed by atoms with Crippen LogP contribution in [0, 0.1) is 0 Å². The highest BCUT2D eigenvalue weighted by molar-refractivity contribution is 7.93. The highest BCUT2D eigenvalue weighted by Crippen LogP contribution is 2.35. The van der Waals surface area contributed by atoms with Crippen molar-refractivity contribution in [2.75, 3.05) is 10.8 Å². The number of fused-ring (bicyclic) bond motifs is 2. The van der Waals surface area contributed by atoms with Gasteiger partial charge in [0.2, 0.25) is 0 Å². The standard InChI is InChI=1S/C15H11ClN2O4S/c16-10-7-11-13(22-15(19)17-11)8-14(10)23(20,21)18-6-5-9-3-1-2-4-12(9)18/h1-4,7-8H,5-6H2,(H,17,19). The highest BCUT2D eigenvalue weighted by Gasteiger charge is 2.32. The number of para-hydroxylation sites is 1. The zero-order valence-electron chi connectivity index (χ0n) is 11.7. The van der Waals surface area contributed by atoms with Crippen LogP contribution in [-0.2, 0) is 16.4 Å². The Labute approximate surface area is 136 Å². The maximum absolute atomic E-state index is 13.0. The van der Waals surface area contributed by atoms with Gasteiger partial charge >= 0.3 is 5.76 Å². The predicted octanol–water partition coefficient (Wildman–Crippen LogP) is 2.53. The van der Waals surface area contributed by atoms with E-state index in [1.54, 1.807) is 12.1 Å². The lowest BCUT2D eigenvalue weighted by Crippen LogP contribution is -2.29. The van der Waals surface area contributed by atoms with Gasteiger partial charge in [-0.25, -0.2) is 13.2 Å². The molecule has 0 aliphatic carbocycles. The summed E-state index contributed by atoms with van der Waals surface area (Å²) in [6.45, 7) is 0.354. The first kappa shape index (κ1) is 14.3. The molecule has 0 saturated heterocycles. The third kappa shape index (κ3) is 2.15. The van der Waals surface area contributed by atoms with E-state index in [2.05, 4.69) is 4.98 Å². The topological polar surface area (TPSA) is 83.4 Å². The van der Waals surface area contributed by atoms with Crippen molar-refractivity contribution in [2.45, 2.75) is 11.3 Å². The van der Waals surface area contributed by atoms with Gasteiger partial charge in [0.1, 0.15) is 4.90 Å². The summed E-state index contributed by atoms with van der Waals surface area (Å²) < 4.78 is 32.2. The summed E-state index contributed by atoms with van der Waals surface area (Å²) in [4.78, 5) is 13.6. The summed E-state index contributed by atoms with van der Waals surface area (Å²) in [7, 11) is -3.84. The van der Waals surface area contributed by atoms with Crippen molar-refractivity contribution in [2.24, 2.45) is 0 Å². The first-order valence-electron chi connectivity index (χ1n) is 6.90. The molecule has 2 aromatic carbocycles. The fourth-order valence-corrected chi connectivity index (χ4v) is 4.85. The Balaban J connectivity index is 1.90. The van der Waals surface area contributed by atoms with E-state index in [-0.39, 0.29) is 15.5 Å². The fraction of sp³-hybridized carbons (Fsp3) is 0.133. The minimum atomic E-state index is -3.84. The van der Waals surface area contributed by atoms with Crippen molar-refractivity contribution in [3.8, 4) is 0 Å². The molecule has 1 N–H and O–H groups in total. The van der Waals surface area contributed by atoms with E-state index in [9.17, 15) is 13.2 Å². The van der Waals surface area contributed by atoms with Crippen molar-refractivity contribution in [3.05, 3.63) is 57.5 Å². The van der Waals surface area contributed by atoms with Crippen molar-refractivity contribution in [1.29, 1.82) is 0 Å². The molecule has 8 heteroatoms. The van der Waals surface area contributed by atoms with Crippen molar-refractivity contribution in [3.63, 3.8) is 0 Å². The third-order valence-electron chi connectivity index (χ3n) is 3.89. The van der Waals surface area contributed by atoms with E-state index in [0.29, 0.717) is 24.2 Å². The second-order valence-electron chi connectivity index (χ2n) is 5.25. The number of rotatable bonds is 2. The van der Waals surface area contributed by atoms with Crippen LogP contribution in [0.4, 0.5) is 5.69 Å². The number of aromatic amines is 1. The monoisotopic (exact) mass is 350 g/mol. The van der Waals surface area contributed by atoms with Gasteiger partial charge < -0.3 is 4.42 Å². The SMILES string of the molecule is O=c1[nH]c2cc(Cl)c(S(=O)(=O)N3CCc4ccccc43)cc2o1. The molecule has 1 aromatic heterocycles. The van der Waals surface area contributed by atoms with E-state index >= 15 is 0 Å². The van der Waals surface area contributed by atoms with Crippen LogP contribution in [0.5, 0.6) is 0 Å². The van der Waals surface area contributed by atoms with Gasteiger partial charge in [0.15, 0.2) is 5.58 Å². The summed E-state index contributed by atoms with van der Waals surface area (Å²) in [6.07, 6.45) is 0.647. The van der Waals surface area contributed by atoms with Crippen LogP contribution >= 0.6 is 11.6 Å². The van der Waals surface area contributed by atoms with E-state index in [1.165, 1.54) is 16.4 Å². The Bertz CT molecular complexity index is 1080. The largest absolute Gasteiger partial charge is 0.417 e. The molecule has 0 amide bonds. The maximum Gasteiger partial charge on any atom is 0.417 e. The molecule has 0 unspecified atom stereocenters. The van der Waals surface area contributed by atoms with Crippen molar-refractivity contribution >= 4 is 38.4 Å². The van der Waals surface area contributed by atoms with Gasteiger partial charge in [0, 0.05) is 12.6 Å². The molecule has 3 aromatic rings. The first-order valence-corrected chi connectivity index (χ1v) is 8.71. The molecule has 0 spiro atoms. The second kappa shape index (κ2) is 4.87. The third-order valence-corrected chi connectivity index (χ3v) is 6.16. The second-order valence-corrected chi connectivity index (χ2v) is 7.49. The van der Waals surface area contributed by atoms with Crippen LogP contribution in [0.25, 0.3) is 11.1 Å². The molecule has 0 bridgehead atoms. The lowest BCUT2D eigenvalue weighted by Gasteiger charge is -2.20. The summed E-state index contributed by atoms with van der Waals surface area (Å²) in [5.74, 6) is -0.655. The molecular formula is C15H11ClN2O4S. The quantitative estimate of drug-likeness (QED) is 0.769. The number of H-pyrrole nitrogens is 1. The number of nitrogens with one attached hydrogen (secondary N) is 1. The van der Waals surface area contributed by atoms with Gasteiger partial charge in [0.25, 0.3) is 10.0 Å². The van der Waals surface area contributed by atoms with Gasteiger partial charge in [-0.15, -0.1) is 0 Å². The highest BCUT2D eigenvalue weighted by atomic mass is 35.5. The zero-order chi connectivity index (χ0) is 16.2. The van der Waals surface area contributed by atoms with Crippen molar-refractivity contribution < 1.29 is 12.8 Å². The molecule has 23 heavy (non-hydrogen) atoms. The Hall–Kier alpha value is -2.25. The summed E-state index contributed by atoms with van der Waals surface area (Å²) in [5.41, 5.74) is 2.15. The lowest BCUT2D eigenvalue weighted by atomic mass is 10.2. The molecule has 6 nitrogen and oxygen atoms in total. The molecule has 0 radical (unpaired) electrons. The number of hydrogen-bond acceptors (Lipinski definition) is 4. The van der Waals surface area contributed by atoms with Gasteiger partial charge in [-0.2, -0.15) is 0 Å². The Morgan fingerprint density at radius 1 is 1.22 bits per heavy atom. The molecule has 1 aliphatic heterocycles. The van der Waals surface area contributed by atoms with E-state index in [1.807, 2.05) is 12.1 Å². The summed E-state index contributed by atoms with van der Waals surface area (Å²) >= 11 is 6.13. The average molecular weight is 351 g/mol. The van der Waals surface area contributed by atoms with Gasteiger partial charge in [-0.05, 0) is 24.1 Å². The number of anilines is 1. The number of halogens is 1. The first-order chi connectivity index (χ1) is 11.0. The Kier molecular flexibility index (Phi) is 3.04. The van der Waals surface area contributed by atoms with Crippen LogP contribution < -0.4 is 10.1 Å². The van der Waals surface area contributed by atoms with Crippen LogP contribution in [0.1, 0.15) is 5.56 Å². The number of nitrogens with zero attached hydrogens (tertiary/aromatic N) is 1. The molecule has 0 atom stereocenters. The molecule has 118 valence electrons. The smallest absolute Gasteiger partial charge is 0.408 e. The Morgan fingerprint density at radius 2 is 2.00 bits per heavy atom. The molecular weight excluding hydrogens is 340 g/mol. The predicted molar refractivity (Wildman–Crippen MR) is 86.5 cm³/mol. The number of hydrogen-bond donors (Lipinski definition) is 1. The molecule has 4 rings (SSSR count). The fourth-order valence-electron chi connectivity index (χ4n) is 2.83. The van der Waals surface area contributed by atoms with Gasteiger partial charge in [-0.1, -0.05) is 29.8 Å². The number of oxazole rings is 1. The van der Waals surface area contributed by atoms with E-state index < -0.39 is 15.8 Å². The maximum atomic E-state index is 13.0. The number of benzene rings is 2. The normalized spacial score (nSPS) is 14.4. The lowest BCUT2D eigenvalue weighted by molar-refractivity contribution is 0.554. The zero-order valence-corrected chi connectivity index (χ0v) is 13.3. The van der Waals surface area contributed by atoms with Gasteiger partial charge in [0.05, 0.1) is 16.2 Å². The minimum Gasteiger partial charge on any atom is -0.408 e. The van der Waals surface area contributed by atoms with Crippen LogP contribution in [-0.4, -0.2) is 19.9 Å². The number of sulfonamides is 1.